The van der Waals surface area contributed by atoms with Crippen molar-refractivity contribution in [2.24, 2.45) is 5.92 Å². The van der Waals surface area contributed by atoms with Crippen LogP contribution in [0.4, 0.5) is 0 Å². The largest absolute Gasteiger partial charge is 0.494 e. The molecule has 1 aliphatic carbocycles. The smallest absolute Gasteiger partial charge is 0.159 e. The van der Waals surface area contributed by atoms with Crippen LogP contribution >= 0.6 is 0 Å². The van der Waals surface area contributed by atoms with Gasteiger partial charge in [-0.1, -0.05) is 39.0 Å². The van der Waals surface area contributed by atoms with Gasteiger partial charge in [0.1, 0.15) is 5.75 Å². The first-order chi connectivity index (χ1) is 12.8. The maximum absolute atomic E-state index is 5.82. The van der Waals surface area contributed by atoms with Gasteiger partial charge in [-0.25, -0.2) is 9.97 Å². The van der Waals surface area contributed by atoms with E-state index in [1.54, 1.807) is 12.4 Å². The van der Waals surface area contributed by atoms with Gasteiger partial charge in [-0.3, -0.25) is 0 Å². The summed E-state index contributed by atoms with van der Waals surface area (Å²) in [6, 6.07) is 8.01. The van der Waals surface area contributed by atoms with Crippen molar-refractivity contribution in [3.05, 3.63) is 36.7 Å². The van der Waals surface area contributed by atoms with Crippen molar-refractivity contribution in [3.63, 3.8) is 0 Å². The number of aromatic nitrogens is 2. The second kappa shape index (κ2) is 10.1. The molecule has 26 heavy (non-hydrogen) atoms. The van der Waals surface area contributed by atoms with Crippen molar-refractivity contribution < 1.29 is 9.47 Å². The topological polar surface area (TPSA) is 44.2 Å². The molecule has 0 spiro atoms. The second-order valence-corrected chi connectivity index (χ2v) is 7.14. The first-order valence-corrected chi connectivity index (χ1v) is 10.0. The van der Waals surface area contributed by atoms with Gasteiger partial charge in [0.2, 0.25) is 0 Å². The molecule has 0 N–H and O–H groups in total. The Balaban J connectivity index is 1.40. The van der Waals surface area contributed by atoms with E-state index in [-0.39, 0.29) is 0 Å². The molecule has 4 nitrogen and oxygen atoms in total. The van der Waals surface area contributed by atoms with Gasteiger partial charge in [0.15, 0.2) is 11.6 Å². The Hall–Kier alpha value is -2.10. The highest BCUT2D eigenvalue weighted by Gasteiger charge is 2.21. The lowest BCUT2D eigenvalue weighted by Gasteiger charge is -2.08. The van der Waals surface area contributed by atoms with E-state index in [9.17, 15) is 0 Å². The summed E-state index contributed by atoms with van der Waals surface area (Å²) in [4.78, 5) is 8.82. The van der Waals surface area contributed by atoms with Gasteiger partial charge < -0.3 is 9.47 Å². The molecule has 4 heteroatoms. The number of rotatable bonds is 12. The van der Waals surface area contributed by atoms with Crippen molar-refractivity contribution >= 4 is 0 Å². The van der Waals surface area contributed by atoms with Crippen molar-refractivity contribution in [2.45, 2.75) is 58.3 Å². The van der Waals surface area contributed by atoms with Gasteiger partial charge in [-0.2, -0.15) is 0 Å². The van der Waals surface area contributed by atoms with Gasteiger partial charge in [-0.05, 0) is 49.4 Å². The fraction of sp³-hybridized carbons (Fsp3) is 0.545. The van der Waals surface area contributed by atoms with Crippen LogP contribution in [-0.2, 0) is 0 Å². The Kier molecular flexibility index (Phi) is 7.29. The van der Waals surface area contributed by atoms with Crippen molar-refractivity contribution in [2.75, 3.05) is 13.2 Å². The van der Waals surface area contributed by atoms with Crippen LogP contribution < -0.4 is 9.47 Å². The average Bonchev–Trinajstić information content (AvgIpc) is 3.51. The van der Waals surface area contributed by atoms with Gasteiger partial charge in [-0.15, -0.1) is 0 Å². The number of benzene rings is 1. The Morgan fingerprint density at radius 3 is 2.23 bits per heavy atom. The Morgan fingerprint density at radius 1 is 0.846 bits per heavy atom. The van der Waals surface area contributed by atoms with Gasteiger partial charge in [0.05, 0.1) is 25.6 Å². The molecule has 0 saturated heterocycles. The van der Waals surface area contributed by atoms with Crippen LogP contribution in [0.15, 0.2) is 36.7 Å². The SMILES string of the molecule is CCCCCCCCOc1ccc(-c2ncc(OCC3CC3)cn2)cc1. The summed E-state index contributed by atoms with van der Waals surface area (Å²) in [6.45, 7) is 3.82. The van der Waals surface area contributed by atoms with E-state index in [0.717, 1.165) is 42.6 Å². The molecule has 1 heterocycles. The molecular weight excluding hydrogens is 324 g/mol. The first kappa shape index (κ1) is 18.7. The number of hydrogen-bond donors (Lipinski definition) is 0. The van der Waals surface area contributed by atoms with Crippen LogP contribution in [0.3, 0.4) is 0 Å². The molecule has 1 aliphatic rings. The lowest BCUT2D eigenvalue weighted by atomic mass is 10.1. The summed E-state index contributed by atoms with van der Waals surface area (Å²) in [5, 5.41) is 0. The standard InChI is InChI=1S/C22H30N2O2/c1-2-3-4-5-6-7-14-25-20-12-10-19(11-13-20)22-23-15-21(16-24-22)26-17-18-8-9-18/h10-13,15-16,18H,2-9,14,17H2,1H3. The molecule has 1 aromatic carbocycles. The fourth-order valence-corrected chi connectivity index (χ4v) is 2.81. The fourth-order valence-electron chi connectivity index (χ4n) is 2.81. The van der Waals surface area contributed by atoms with Gasteiger partial charge in [0.25, 0.3) is 0 Å². The van der Waals surface area contributed by atoms with Crippen LogP contribution in [0.1, 0.15) is 58.3 Å². The van der Waals surface area contributed by atoms with E-state index in [1.165, 1.54) is 44.9 Å². The molecule has 0 aliphatic heterocycles. The van der Waals surface area contributed by atoms with E-state index < -0.39 is 0 Å². The average molecular weight is 354 g/mol. The van der Waals surface area contributed by atoms with E-state index in [0.29, 0.717) is 5.82 Å². The zero-order valence-electron chi connectivity index (χ0n) is 15.8. The van der Waals surface area contributed by atoms with Crippen LogP contribution in [0.5, 0.6) is 11.5 Å². The molecule has 0 unspecified atom stereocenters. The summed E-state index contributed by atoms with van der Waals surface area (Å²) in [7, 11) is 0. The number of unbranched alkanes of at least 4 members (excludes halogenated alkanes) is 5. The maximum Gasteiger partial charge on any atom is 0.159 e. The Bertz CT molecular complexity index is 636. The minimum Gasteiger partial charge on any atom is -0.494 e. The highest BCUT2D eigenvalue weighted by molar-refractivity contribution is 5.56. The molecule has 0 atom stereocenters. The first-order valence-electron chi connectivity index (χ1n) is 10.0. The molecule has 1 aromatic heterocycles. The zero-order valence-corrected chi connectivity index (χ0v) is 15.8. The molecule has 0 amide bonds. The summed E-state index contributed by atoms with van der Waals surface area (Å²) >= 11 is 0. The van der Waals surface area contributed by atoms with Crippen molar-refractivity contribution in [1.29, 1.82) is 0 Å². The third-order valence-corrected chi connectivity index (χ3v) is 4.69. The van der Waals surface area contributed by atoms with Crippen molar-refractivity contribution in [3.8, 4) is 22.9 Å². The van der Waals surface area contributed by atoms with Crippen LogP contribution in [0.2, 0.25) is 0 Å². The van der Waals surface area contributed by atoms with Gasteiger partial charge >= 0.3 is 0 Å². The summed E-state index contributed by atoms with van der Waals surface area (Å²) in [5.74, 6) is 3.11. The highest BCUT2D eigenvalue weighted by Crippen LogP contribution is 2.29. The Labute approximate surface area is 157 Å². The number of ether oxygens (including phenoxy) is 2. The molecule has 3 rings (SSSR count). The highest BCUT2D eigenvalue weighted by atomic mass is 16.5. The molecule has 1 fully saturated rings. The van der Waals surface area contributed by atoms with Gasteiger partial charge in [0, 0.05) is 5.56 Å². The molecule has 1 saturated carbocycles. The van der Waals surface area contributed by atoms with E-state index in [1.807, 2.05) is 24.3 Å². The minimum atomic E-state index is 0.714. The minimum absolute atomic E-state index is 0.714. The van der Waals surface area contributed by atoms with E-state index in [2.05, 4.69) is 16.9 Å². The lowest BCUT2D eigenvalue weighted by Crippen LogP contribution is -2.00. The third-order valence-electron chi connectivity index (χ3n) is 4.69. The quantitative estimate of drug-likeness (QED) is 0.461. The molecule has 140 valence electrons. The van der Waals surface area contributed by atoms with Crippen molar-refractivity contribution in [1.82, 2.24) is 9.97 Å². The zero-order chi connectivity index (χ0) is 18.0. The number of hydrogen-bond acceptors (Lipinski definition) is 4. The van der Waals surface area contributed by atoms with E-state index >= 15 is 0 Å². The Morgan fingerprint density at radius 2 is 1.54 bits per heavy atom. The molecule has 0 radical (unpaired) electrons. The number of nitrogens with zero attached hydrogens (tertiary/aromatic N) is 2. The predicted octanol–water partition coefficient (Wildman–Crippen LogP) is 5.67. The normalized spacial score (nSPS) is 13.6. The summed E-state index contributed by atoms with van der Waals surface area (Å²) in [5.41, 5.74) is 0.991. The molecule has 2 aromatic rings. The summed E-state index contributed by atoms with van der Waals surface area (Å²) < 4.78 is 11.5. The molecule has 0 bridgehead atoms. The summed E-state index contributed by atoms with van der Waals surface area (Å²) in [6.07, 6.45) is 13.8. The van der Waals surface area contributed by atoms with Crippen LogP contribution in [0, 0.1) is 5.92 Å². The van der Waals surface area contributed by atoms with Crippen LogP contribution in [0.25, 0.3) is 11.4 Å². The lowest BCUT2D eigenvalue weighted by molar-refractivity contribution is 0.297. The second-order valence-electron chi connectivity index (χ2n) is 7.14. The van der Waals surface area contributed by atoms with Crippen LogP contribution in [-0.4, -0.2) is 23.2 Å². The predicted molar refractivity (Wildman–Crippen MR) is 105 cm³/mol. The van der Waals surface area contributed by atoms with E-state index in [4.69, 9.17) is 9.47 Å². The molecular formula is C22H30N2O2. The monoisotopic (exact) mass is 354 g/mol. The maximum atomic E-state index is 5.82. The third kappa shape index (κ3) is 6.32.